The fraction of sp³-hybridized carbons (Fsp3) is 0.476. The SMILES string of the molecule is CN=C(NCc1cc2c(cc1OC(F)F)OCO2)NCC(c1ccco1)N1CCCC1. The molecule has 1 aromatic carbocycles. The molecular weight excluding hydrogens is 410 g/mol. The van der Waals surface area contributed by atoms with Gasteiger partial charge in [-0.15, -0.1) is 0 Å². The van der Waals surface area contributed by atoms with Crippen LogP contribution in [0, 0.1) is 0 Å². The van der Waals surface area contributed by atoms with Gasteiger partial charge >= 0.3 is 6.61 Å². The zero-order valence-electron chi connectivity index (χ0n) is 17.3. The molecule has 4 rings (SSSR count). The Balaban J connectivity index is 1.40. The fourth-order valence-electron chi connectivity index (χ4n) is 3.85. The number of nitrogens with one attached hydrogen (secondary N) is 2. The van der Waals surface area contributed by atoms with E-state index in [0.29, 0.717) is 29.6 Å². The molecule has 2 aliphatic heterocycles. The number of aliphatic imine (C=N–C) groups is 1. The minimum absolute atomic E-state index is 0.0349. The number of likely N-dealkylation sites (tertiary alicyclic amines) is 1. The summed E-state index contributed by atoms with van der Waals surface area (Å²) in [5.41, 5.74) is 0.509. The van der Waals surface area contributed by atoms with Crippen LogP contribution in [0.15, 0.2) is 39.9 Å². The maximum Gasteiger partial charge on any atom is 0.387 e. The minimum Gasteiger partial charge on any atom is -0.468 e. The van der Waals surface area contributed by atoms with Crippen molar-refractivity contribution in [2.45, 2.75) is 32.0 Å². The van der Waals surface area contributed by atoms with Crippen LogP contribution in [0.25, 0.3) is 0 Å². The number of halogens is 2. The number of nitrogens with zero attached hydrogens (tertiary/aromatic N) is 2. The predicted octanol–water partition coefficient (Wildman–Crippen LogP) is 3.11. The minimum atomic E-state index is -2.94. The van der Waals surface area contributed by atoms with Crippen LogP contribution in [-0.2, 0) is 6.54 Å². The van der Waals surface area contributed by atoms with Crippen molar-refractivity contribution in [2.24, 2.45) is 4.99 Å². The molecule has 1 fully saturated rings. The number of rotatable bonds is 8. The lowest BCUT2D eigenvalue weighted by atomic mass is 10.1. The summed E-state index contributed by atoms with van der Waals surface area (Å²) in [6, 6.07) is 6.99. The van der Waals surface area contributed by atoms with Gasteiger partial charge in [0.15, 0.2) is 17.5 Å². The molecule has 10 heteroatoms. The van der Waals surface area contributed by atoms with E-state index in [9.17, 15) is 8.78 Å². The van der Waals surface area contributed by atoms with Crippen LogP contribution in [0.2, 0.25) is 0 Å². The second-order valence-corrected chi connectivity index (χ2v) is 7.27. The van der Waals surface area contributed by atoms with Gasteiger partial charge in [0.25, 0.3) is 0 Å². The van der Waals surface area contributed by atoms with Gasteiger partial charge in [-0.3, -0.25) is 9.89 Å². The molecule has 1 unspecified atom stereocenters. The van der Waals surface area contributed by atoms with Crippen LogP contribution in [0.1, 0.15) is 30.2 Å². The highest BCUT2D eigenvalue weighted by Gasteiger charge is 2.26. The largest absolute Gasteiger partial charge is 0.468 e. The van der Waals surface area contributed by atoms with Gasteiger partial charge < -0.3 is 29.3 Å². The van der Waals surface area contributed by atoms with Gasteiger partial charge in [0.1, 0.15) is 11.5 Å². The third-order valence-corrected chi connectivity index (χ3v) is 5.36. The lowest BCUT2D eigenvalue weighted by Crippen LogP contribution is -2.42. The molecule has 0 spiro atoms. The number of hydrogen-bond donors (Lipinski definition) is 2. The van der Waals surface area contributed by atoms with Crippen molar-refractivity contribution in [2.75, 3.05) is 33.5 Å². The number of guanidine groups is 1. The molecule has 0 saturated carbocycles. The van der Waals surface area contributed by atoms with E-state index in [1.165, 1.54) is 18.9 Å². The number of furan rings is 1. The Hall–Kier alpha value is -3.01. The van der Waals surface area contributed by atoms with Gasteiger partial charge in [-0.1, -0.05) is 0 Å². The quantitative estimate of drug-likeness (QED) is 0.486. The highest BCUT2D eigenvalue weighted by atomic mass is 19.3. The first kappa shape index (κ1) is 21.2. The molecular formula is C21H26F2N4O4. The van der Waals surface area contributed by atoms with E-state index in [-0.39, 0.29) is 25.1 Å². The molecule has 1 atom stereocenters. The van der Waals surface area contributed by atoms with Crippen LogP contribution in [0.5, 0.6) is 17.2 Å². The topological polar surface area (TPSA) is 80.5 Å². The number of hydrogen-bond acceptors (Lipinski definition) is 6. The molecule has 168 valence electrons. The molecule has 0 bridgehead atoms. The summed E-state index contributed by atoms with van der Waals surface area (Å²) in [7, 11) is 1.66. The van der Waals surface area contributed by atoms with Gasteiger partial charge in [-0.05, 0) is 44.1 Å². The highest BCUT2D eigenvalue weighted by Crippen LogP contribution is 2.38. The zero-order valence-corrected chi connectivity index (χ0v) is 17.3. The van der Waals surface area contributed by atoms with Crippen LogP contribution < -0.4 is 24.8 Å². The van der Waals surface area contributed by atoms with Crippen molar-refractivity contribution in [3.8, 4) is 17.2 Å². The van der Waals surface area contributed by atoms with Crippen molar-refractivity contribution < 1.29 is 27.4 Å². The Bertz CT molecular complexity index is 886. The van der Waals surface area contributed by atoms with E-state index in [2.05, 4.69) is 25.3 Å². The first-order valence-corrected chi connectivity index (χ1v) is 10.2. The second-order valence-electron chi connectivity index (χ2n) is 7.27. The lowest BCUT2D eigenvalue weighted by Gasteiger charge is -2.26. The van der Waals surface area contributed by atoms with Crippen molar-refractivity contribution in [1.29, 1.82) is 0 Å². The average Bonchev–Trinajstić information content (AvgIpc) is 3.53. The summed E-state index contributed by atoms with van der Waals surface area (Å²) in [5, 5.41) is 6.46. The van der Waals surface area contributed by atoms with Crippen LogP contribution in [-0.4, -0.2) is 50.9 Å². The molecule has 2 aromatic rings. The predicted molar refractivity (Wildman–Crippen MR) is 110 cm³/mol. The van der Waals surface area contributed by atoms with E-state index < -0.39 is 6.61 Å². The second kappa shape index (κ2) is 9.86. The Kier molecular flexibility index (Phi) is 6.76. The molecule has 31 heavy (non-hydrogen) atoms. The number of benzene rings is 1. The lowest BCUT2D eigenvalue weighted by molar-refractivity contribution is -0.0505. The Morgan fingerprint density at radius 1 is 1.19 bits per heavy atom. The van der Waals surface area contributed by atoms with E-state index in [1.807, 2.05) is 12.1 Å². The molecule has 1 aromatic heterocycles. The Labute approximate surface area is 179 Å². The van der Waals surface area contributed by atoms with Crippen LogP contribution >= 0.6 is 0 Å². The molecule has 0 amide bonds. The summed E-state index contributed by atoms with van der Waals surface area (Å²) in [6.07, 6.45) is 4.01. The van der Waals surface area contributed by atoms with Crippen LogP contribution in [0.3, 0.4) is 0 Å². The van der Waals surface area contributed by atoms with E-state index in [0.717, 1.165) is 18.8 Å². The average molecular weight is 436 g/mol. The van der Waals surface area contributed by atoms with Gasteiger partial charge in [-0.2, -0.15) is 8.78 Å². The monoisotopic (exact) mass is 436 g/mol. The molecule has 3 heterocycles. The van der Waals surface area contributed by atoms with Crippen LogP contribution in [0.4, 0.5) is 8.78 Å². The smallest absolute Gasteiger partial charge is 0.387 e. The van der Waals surface area contributed by atoms with Gasteiger partial charge in [-0.25, -0.2) is 0 Å². The first-order chi connectivity index (χ1) is 15.1. The van der Waals surface area contributed by atoms with E-state index in [4.69, 9.17) is 13.9 Å². The van der Waals surface area contributed by atoms with Gasteiger partial charge in [0, 0.05) is 31.8 Å². The van der Waals surface area contributed by atoms with E-state index >= 15 is 0 Å². The summed E-state index contributed by atoms with van der Waals surface area (Å²) in [4.78, 5) is 6.63. The highest BCUT2D eigenvalue weighted by molar-refractivity contribution is 5.79. The normalized spacial score (nSPS) is 17.2. The zero-order chi connectivity index (χ0) is 21.6. The fourth-order valence-corrected chi connectivity index (χ4v) is 3.85. The molecule has 8 nitrogen and oxygen atoms in total. The number of fused-ring (bicyclic) bond motifs is 1. The standard InChI is InChI=1S/C21H26F2N4O4/c1-24-21(26-12-15(16-5-4-8-28-16)27-6-2-3-7-27)25-11-14-9-18-19(30-13-29-18)10-17(14)31-20(22)23/h4-5,8-10,15,20H,2-3,6-7,11-13H2,1H3,(H2,24,25,26). The Morgan fingerprint density at radius 3 is 2.65 bits per heavy atom. The maximum absolute atomic E-state index is 12.8. The number of ether oxygens (including phenoxy) is 3. The molecule has 2 N–H and O–H groups in total. The molecule has 2 aliphatic rings. The molecule has 0 radical (unpaired) electrons. The number of alkyl halides is 2. The van der Waals surface area contributed by atoms with E-state index in [1.54, 1.807) is 19.4 Å². The third kappa shape index (κ3) is 5.19. The van der Waals surface area contributed by atoms with Gasteiger partial charge in [0.2, 0.25) is 6.79 Å². The first-order valence-electron chi connectivity index (χ1n) is 10.2. The summed E-state index contributed by atoms with van der Waals surface area (Å²) < 4.78 is 46.6. The summed E-state index contributed by atoms with van der Waals surface area (Å²) in [6.45, 7) is -0.0443. The maximum atomic E-state index is 12.8. The summed E-state index contributed by atoms with van der Waals surface area (Å²) in [5.74, 6) is 2.35. The van der Waals surface area contributed by atoms with Crippen molar-refractivity contribution >= 4 is 5.96 Å². The van der Waals surface area contributed by atoms with Gasteiger partial charge in [0.05, 0.1) is 12.3 Å². The summed E-state index contributed by atoms with van der Waals surface area (Å²) >= 11 is 0. The third-order valence-electron chi connectivity index (χ3n) is 5.36. The Morgan fingerprint density at radius 2 is 1.97 bits per heavy atom. The van der Waals surface area contributed by atoms with Crippen molar-refractivity contribution in [3.63, 3.8) is 0 Å². The van der Waals surface area contributed by atoms with Crippen molar-refractivity contribution in [1.82, 2.24) is 15.5 Å². The van der Waals surface area contributed by atoms with Crippen molar-refractivity contribution in [3.05, 3.63) is 41.9 Å². The molecule has 0 aliphatic carbocycles. The molecule has 1 saturated heterocycles.